The van der Waals surface area contributed by atoms with Crippen LogP contribution in [0, 0.1) is 0 Å². The van der Waals surface area contributed by atoms with Gasteiger partial charge in [-0.1, -0.05) is 18.5 Å². The van der Waals surface area contributed by atoms with Crippen LogP contribution < -0.4 is 0 Å². The molecule has 0 spiro atoms. The quantitative estimate of drug-likeness (QED) is 0.932. The highest BCUT2D eigenvalue weighted by atomic mass is 35.5. The van der Waals surface area contributed by atoms with Crippen LogP contribution in [0.5, 0.6) is 5.75 Å². The van der Waals surface area contributed by atoms with E-state index in [9.17, 15) is 9.90 Å². The van der Waals surface area contributed by atoms with E-state index in [1.54, 1.807) is 11.0 Å². The van der Waals surface area contributed by atoms with Crippen LogP contribution in [0.4, 0.5) is 0 Å². The number of halogens is 1. The molecule has 1 aromatic rings. The van der Waals surface area contributed by atoms with Crippen molar-refractivity contribution in [1.29, 1.82) is 0 Å². The zero-order valence-corrected chi connectivity index (χ0v) is 12.7. The minimum Gasteiger partial charge on any atom is -0.506 e. The Kier molecular flexibility index (Phi) is 4.89. The van der Waals surface area contributed by atoms with Gasteiger partial charge < -0.3 is 14.9 Å². The molecule has 20 heavy (non-hydrogen) atoms. The van der Waals surface area contributed by atoms with Gasteiger partial charge in [0.25, 0.3) is 5.91 Å². The van der Waals surface area contributed by atoms with Crippen molar-refractivity contribution in [3.8, 4) is 5.75 Å². The first-order chi connectivity index (χ1) is 9.52. The number of likely N-dealkylation sites (tertiary alicyclic amines) is 1. The lowest BCUT2D eigenvalue weighted by atomic mass is 10.0. The zero-order chi connectivity index (χ0) is 14.7. The van der Waals surface area contributed by atoms with E-state index < -0.39 is 0 Å². The molecule has 1 fully saturated rings. The van der Waals surface area contributed by atoms with E-state index in [2.05, 4.69) is 11.8 Å². The predicted octanol–water partition coefficient (Wildman–Crippen LogP) is 2.60. The zero-order valence-electron chi connectivity index (χ0n) is 12.0. The highest BCUT2D eigenvalue weighted by molar-refractivity contribution is 6.32. The summed E-state index contributed by atoms with van der Waals surface area (Å²) in [7, 11) is 1.84. The number of carbonyl (C=O) groups is 1. The molecule has 0 saturated carbocycles. The molecule has 1 aliphatic rings. The lowest BCUT2D eigenvalue weighted by molar-refractivity contribution is 0.0647. The van der Waals surface area contributed by atoms with Gasteiger partial charge in [-0.25, -0.2) is 0 Å². The van der Waals surface area contributed by atoms with Crippen molar-refractivity contribution in [1.82, 2.24) is 9.80 Å². The van der Waals surface area contributed by atoms with Crippen LogP contribution in [0.15, 0.2) is 18.2 Å². The maximum absolute atomic E-state index is 12.4. The van der Waals surface area contributed by atoms with Gasteiger partial charge in [0, 0.05) is 31.7 Å². The maximum atomic E-state index is 12.4. The smallest absolute Gasteiger partial charge is 0.253 e. The van der Waals surface area contributed by atoms with Crippen molar-refractivity contribution in [3.05, 3.63) is 28.8 Å². The molecule has 1 saturated heterocycles. The van der Waals surface area contributed by atoms with Gasteiger partial charge in [-0.15, -0.1) is 0 Å². The fourth-order valence-corrected chi connectivity index (χ4v) is 2.81. The molecule has 0 atom stereocenters. The highest BCUT2D eigenvalue weighted by Gasteiger charge is 2.25. The average molecular weight is 297 g/mol. The molecule has 1 heterocycles. The number of aromatic hydroxyl groups is 1. The molecule has 4 nitrogen and oxygen atoms in total. The average Bonchev–Trinajstić information content (AvgIpc) is 2.48. The normalized spacial score (nSPS) is 17.1. The first-order valence-electron chi connectivity index (χ1n) is 7.01. The van der Waals surface area contributed by atoms with Gasteiger partial charge in [0.05, 0.1) is 5.02 Å². The minimum absolute atomic E-state index is 0.00197. The molecule has 2 rings (SSSR count). The maximum Gasteiger partial charge on any atom is 0.253 e. The second-order valence-electron chi connectivity index (χ2n) is 5.25. The van der Waals surface area contributed by atoms with Gasteiger partial charge in [-0.2, -0.15) is 0 Å². The molecule has 0 bridgehead atoms. The Bertz CT molecular complexity index is 485. The van der Waals surface area contributed by atoms with Crippen LogP contribution in [0.25, 0.3) is 0 Å². The van der Waals surface area contributed by atoms with Crippen LogP contribution >= 0.6 is 11.6 Å². The molecule has 1 aromatic carbocycles. The summed E-state index contributed by atoms with van der Waals surface area (Å²) in [5.74, 6) is -0.0380. The highest BCUT2D eigenvalue weighted by Crippen LogP contribution is 2.25. The fraction of sp³-hybridized carbons (Fsp3) is 0.533. The summed E-state index contributed by atoms with van der Waals surface area (Å²) < 4.78 is 0. The number of carbonyl (C=O) groups excluding carboxylic acids is 1. The van der Waals surface area contributed by atoms with Crippen LogP contribution in [-0.2, 0) is 0 Å². The Morgan fingerprint density at radius 3 is 2.65 bits per heavy atom. The summed E-state index contributed by atoms with van der Waals surface area (Å²) in [6.07, 6.45) is 2.00. The van der Waals surface area contributed by atoms with Crippen molar-refractivity contribution in [2.45, 2.75) is 25.8 Å². The summed E-state index contributed by atoms with van der Waals surface area (Å²) >= 11 is 5.86. The van der Waals surface area contributed by atoms with E-state index in [1.807, 2.05) is 7.05 Å². The van der Waals surface area contributed by atoms with E-state index in [-0.39, 0.29) is 22.7 Å². The Hall–Kier alpha value is -1.26. The number of rotatable bonds is 3. The van der Waals surface area contributed by atoms with Crippen molar-refractivity contribution in [2.75, 3.05) is 26.7 Å². The molecular formula is C15H21ClN2O2. The third-order valence-corrected chi connectivity index (χ3v) is 4.37. The topological polar surface area (TPSA) is 43.8 Å². The summed E-state index contributed by atoms with van der Waals surface area (Å²) in [5.41, 5.74) is 0.522. The van der Waals surface area contributed by atoms with Gasteiger partial charge in [0.15, 0.2) is 0 Å². The fourth-order valence-electron chi connectivity index (χ4n) is 2.63. The first-order valence-corrected chi connectivity index (χ1v) is 7.38. The molecule has 1 aliphatic heterocycles. The second kappa shape index (κ2) is 6.46. The molecular weight excluding hydrogens is 276 g/mol. The van der Waals surface area contributed by atoms with Gasteiger partial charge in [0.2, 0.25) is 0 Å². The van der Waals surface area contributed by atoms with Gasteiger partial charge in [-0.05, 0) is 37.6 Å². The van der Waals surface area contributed by atoms with Gasteiger partial charge >= 0.3 is 0 Å². The Morgan fingerprint density at radius 1 is 1.45 bits per heavy atom. The number of amides is 1. The second-order valence-corrected chi connectivity index (χ2v) is 5.65. The van der Waals surface area contributed by atoms with Crippen LogP contribution in [0.1, 0.15) is 30.1 Å². The third kappa shape index (κ3) is 3.25. The molecule has 1 amide bonds. The lowest BCUT2D eigenvalue weighted by Gasteiger charge is -2.36. The van der Waals surface area contributed by atoms with Crippen LogP contribution in [-0.4, -0.2) is 53.5 Å². The number of piperidine rings is 1. The first kappa shape index (κ1) is 15.1. The molecule has 110 valence electrons. The molecule has 5 heteroatoms. The van der Waals surface area contributed by atoms with Gasteiger partial charge in [0.1, 0.15) is 5.75 Å². The third-order valence-electron chi connectivity index (χ3n) is 4.07. The number of nitrogens with zero attached hydrogens (tertiary/aromatic N) is 2. The van der Waals surface area contributed by atoms with E-state index in [4.69, 9.17) is 11.6 Å². The molecule has 1 N–H and O–H groups in total. The number of phenolic OH excluding ortho intramolecular Hbond substituents is 1. The number of hydrogen-bond donors (Lipinski definition) is 1. The Morgan fingerprint density at radius 2 is 2.10 bits per heavy atom. The summed E-state index contributed by atoms with van der Waals surface area (Å²) in [4.78, 5) is 16.6. The Labute approximate surface area is 124 Å². The monoisotopic (exact) mass is 296 g/mol. The van der Waals surface area contributed by atoms with Gasteiger partial charge in [-0.3, -0.25) is 4.79 Å². The molecule has 0 aliphatic carbocycles. The van der Waals surface area contributed by atoms with E-state index in [0.717, 1.165) is 32.5 Å². The summed E-state index contributed by atoms with van der Waals surface area (Å²) in [5, 5.41) is 9.62. The van der Waals surface area contributed by atoms with Crippen molar-refractivity contribution in [3.63, 3.8) is 0 Å². The number of phenols is 1. The van der Waals surface area contributed by atoms with Crippen molar-refractivity contribution >= 4 is 17.5 Å². The summed E-state index contributed by atoms with van der Waals surface area (Å²) in [6, 6.07) is 4.87. The minimum atomic E-state index is -0.0400. The predicted molar refractivity (Wildman–Crippen MR) is 80.3 cm³/mol. The lowest BCUT2D eigenvalue weighted by Crippen LogP contribution is -2.45. The molecule has 0 radical (unpaired) electrons. The molecule has 0 unspecified atom stereocenters. The SMILES string of the molecule is CCN1CCC(N(C)C(=O)c2ccc(O)c(Cl)c2)CC1. The molecule has 0 aromatic heterocycles. The van der Waals surface area contributed by atoms with Crippen molar-refractivity contribution < 1.29 is 9.90 Å². The number of hydrogen-bond acceptors (Lipinski definition) is 3. The number of benzene rings is 1. The van der Waals surface area contributed by atoms with Crippen LogP contribution in [0.2, 0.25) is 5.02 Å². The van der Waals surface area contributed by atoms with E-state index in [0.29, 0.717) is 5.56 Å². The standard InChI is InChI=1S/C15H21ClN2O2/c1-3-18-8-6-12(7-9-18)17(2)15(20)11-4-5-14(19)13(16)10-11/h4-5,10,12,19H,3,6-9H2,1-2H3. The van der Waals surface area contributed by atoms with E-state index >= 15 is 0 Å². The van der Waals surface area contributed by atoms with Crippen molar-refractivity contribution in [2.24, 2.45) is 0 Å². The van der Waals surface area contributed by atoms with Crippen LogP contribution in [0.3, 0.4) is 0 Å². The largest absolute Gasteiger partial charge is 0.506 e. The Balaban J connectivity index is 2.03. The summed E-state index contributed by atoms with van der Waals surface area (Å²) in [6.45, 7) is 5.30. The van der Waals surface area contributed by atoms with E-state index in [1.165, 1.54) is 12.1 Å².